The Balaban J connectivity index is 1.89. The van der Waals surface area contributed by atoms with Gasteiger partial charge in [-0.15, -0.1) is 23.5 Å². The first-order valence-electron chi connectivity index (χ1n) is 8.80. The first-order chi connectivity index (χ1) is 12.1. The number of hydrogen-bond acceptors (Lipinski definition) is 6. The molecule has 1 aromatic heterocycles. The minimum Gasteiger partial charge on any atom is -0.455 e. The molecule has 2 aliphatic rings. The van der Waals surface area contributed by atoms with Crippen molar-refractivity contribution in [3.05, 3.63) is 22.6 Å². The van der Waals surface area contributed by atoms with E-state index in [9.17, 15) is 4.79 Å². The molecule has 5 nitrogen and oxygen atoms in total. The Morgan fingerprint density at radius 2 is 1.84 bits per heavy atom. The molecule has 0 aromatic carbocycles. The van der Waals surface area contributed by atoms with Gasteiger partial charge in [-0.1, -0.05) is 0 Å². The zero-order chi connectivity index (χ0) is 17.9. The number of rotatable bonds is 7. The molecule has 2 heterocycles. The molecule has 1 aliphatic heterocycles. The van der Waals surface area contributed by atoms with Crippen LogP contribution in [0.3, 0.4) is 0 Å². The number of furan rings is 1. The summed E-state index contributed by atoms with van der Waals surface area (Å²) >= 11 is 4.04. The number of thioether (sulfide) groups is 2. The predicted octanol–water partition coefficient (Wildman–Crippen LogP) is 3.29. The minimum absolute atomic E-state index is 0.0517. The number of hydrogen-bond donors (Lipinski definition) is 0. The molecule has 1 saturated heterocycles. The molecule has 1 spiro atoms. The molecule has 1 aliphatic carbocycles. The van der Waals surface area contributed by atoms with Crippen LogP contribution >= 0.6 is 23.5 Å². The summed E-state index contributed by atoms with van der Waals surface area (Å²) in [6.45, 7) is 4.14. The van der Waals surface area contributed by atoms with Crippen molar-refractivity contribution >= 4 is 29.4 Å². The van der Waals surface area contributed by atoms with Gasteiger partial charge in [0.2, 0.25) is 0 Å². The monoisotopic (exact) mass is 385 g/mol. The van der Waals surface area contributed by atoms with Gasteiger partial charge in [-0.05, 0) is 19.8 Å². The second-order valence-electron chi connectivity index (χ2n) is 6.44. The Labute approximate surface area is 158 Å². The molecule has 1 amide bonds. The van der Waals surface area contributed by atoms with Crippen molar-refractivity contribution in [2.75, 3.05) is 52.0 Å². The van der Waals surface area contributed by atoms with Gasteiger partial charge in [0.15, 0.2) is 5.76 Å². The van der Waals surface area contributed by atoms with Crippen LogP contribution in [0.25, 0.3) is 0 Å². The number of methoxy groups -OCH3 is 2. The molecular formula is C18H27NO4S2. The fourth-order valence-electron chi connectivity index (χ4n) is 3.66. The van der Waals surface area contributed by atoms with Crippen LogP contribution < -0.4 is 0 Å². The van der Waals surface area contributed by atoms with Gasteiger partial charge < -0.3 is 18.8 Å². The third kappa shape index (κ3) is 3.75. The maximum atomic E-state index is 13.1. The molecule has 0 atom stereocenters. The summed E-state index contributed by atoms with van der Waals surface area (Å²) in [6.07, 6.45) is 3.23. The maximum absolute atomic E-state index is 13.1. The molecule has 0 N–H and O–H groups in total. The molecule has 25 heavy (non-hydrogen) atoms. The van der Waals surface area contributed by atoms with Crippen molar-refractivity contribution in [1.82, 2.24) is 4.90 Å². The van der Waals surface area contributed by atoms with Crippen molar-refractivity contribution in [1.29, 1.82) is 0 Å². The van der Waals surface area contributed by atoms with Crippen molar-refractivity contribution in [2.45, 2.75) is 30.3 Å². The number of carbonyl (C=O) groups is 1. The van der Waals surface area contributed by atoms with Crippen molar-refractivity contribution in [2.24, 2.45) is 0 Å². The standard InChI is InChI=1S/C18H27NO4S2/c1-13-15-14(5-4-6-18(15)24-11-12-25-18)23-16(13)17(20)19(7-9-21-2)8-10-22-3/h4-12H2,1-3H3. The maximum Gasteiger partial charge on any atom is 0.290 e. The van der Waals surface area contributed by atoms with Crippen LogP contribution in [0.1, 0.15) is 40.3 Å². The second-order valence-corrected chi connectivity index (χ2v) is 9.48. The van der Waals surface area contributed by atoms with Gasteiger partial charge in [0.05, 0.1) is 17.3 Å². The van der Waals surface area contributed by atoms with Crippen molar-refractivity contribution in [3.8, 4) is 0 Å². The van der Waals surface area contributed by atoms with E-state index in [4.69, 9.17) is 13.9 Å². The van der Waals surface area contributed by atoms with Gasteiger partial charge in [-0.3, -0.25) is 4.79 Å². The van der Waals surface area contributed by atoms with Gasteiger partial charge >= 0.3 is 0 Å². The fraction of sp³-hybridized carbons (Fsp3) is 0.722. The van der Waals surface area contributed by atoms with Crippen LogP contribution in [0.4, 0.5) is 0 Å². The lowest BCUT2D eigenvalue weighted by atomic mass is 9.94. The molecule has 0 unspecified atom stereocenters. The highest BCUT2D eigenvalue weighted by Gasteiger charge is 2.45. The van der Waals surface area contributed by atoms with Gasteiger partial charge in [-0.2, -0.15) is 0 Å². The van der Waals surface area contributed by atoms with Gasteiger partial charge in [0.1, 0.15) is 5.76 Å². The molecule has 3 rings (SSSR count). The summed E-state index contributed by atoms with van der Waals surface area (Å²) in [5.41, 5.74) is 2.31. The summed E-state index contributed by atoms with van der Waals surface area (Å²) in [6, 6.07) is 0. The summed E-state index contributed by atoms with van der Waals surface area (Å²) in [4.78, 5) is 14.9. The van der Waals surface area contributed by atoms with Gasteiger partial charge in [0.25, 0.3) is 5.91 Å². The average Bonchev–Trinajstić information content (AvgIpc) is 3.20. The van der Waals surface area contributed by atoms with E-state index in [0.29, 0.717) is 32.1 Å². The summed E-state index contributed by atoms with van der Waals surface area (Å²) in [5, 5.41) is 0. The van der Waals surface area contributed by atoms with E-state index in [1.807, 2.05) is 30.4 Å². The Morgan fingerprint density at radius 3 is 2.44 bits per heavy atom. The molecular weight excluding hydrogens is 358 g/mol. The lowest BCUT2D eigenvalue weighted by molar-refractivity contribution is 0.0595. The first-order valence-corrected chi connectivity index (χ1v) is 10.8. The quantitative estimate of drug-likeness (QED) is 0.718. The number of aryl methyl sites for hydroxylation is 1. The normalized spacial score (nSPS) is 18.5. The average molecular weight is 386 g/mol. The molecule has 1 aromatic rings. The molecule has 0 bridgehead atoms. The fourth-order valence-corrected chi connectivity index (χ4v) is 7.22. The molecule has 0 saturated carbocycles. The largest absolute Gasteiger partial charge is 0.455 e. The SMILES string of the molecule is COCCN(CCOC)C(=O)c1oc2c(c1C)C1(CCC2)SCCS1. The van der Waals surface area contributed by atoms with Gasteiger partial charge in [0, 0.05) is 56.4 Å². The molecule has 140 valence electrons. The number of ether oxygens (including phenoxy) is 2. The van der Waals surface area contributed by atoms with Crippen LogP contribution in [-0.2, 0) is 20.0 Å². The Kier molecular flexibility index (Phi) is 6.41. The highest BCUT2D eigenvalue weighted by Crippen LogP contribution is 2.59. The van der Waals surface area contributed by atoms with E-state index in [1.165, 1.54) is 23.5 Å². The van der Waals surface area contributed by atoms with Crippen LogP contribution in [0.5, 0.6) is 0 Å². The lowest BCUT2D eigenvalue weighted by Gasteiger charge is -2.31. The number of amides is 1. The number of fused-ring (bicyclic) bond motifs is 2. The predicted molar refractivity (Wildman–Crippen MR) is 103 cm³/mol. The van der Waals surface area contributed by atoms with Crippen LogP contribution in [0, 0.1) is 6.92 Å². The number of nitrogens with zero attached hydrogens (tertiary/aromatic N) is 1. The van der Waals surface area contributed by atoms with E-state index >= 15 is 0 Å². The van der Waals surface area contributed by atoms with Crippen LogP contribution in [0.15, 0.2) is 4.42 Å². The number of carbonyl (C=O) groups excluding carboxylic acids is 1. The lowest BCUT2D eigenvalue weighted by Crippen LogP contribution is -2.36. The zero-order valence-electron chi connectivity index (χ0n) is 15.3. The molecule has 1 fully saturated rings. The third-order valence-electron chi connectivity index (χ3n) is 4.88. The van der Waals surface area contributed by atoms with Crippen molar-refractivity contribution < 1.29 is 18.7 Å². The summed E-state index contributed by atoms with van der Waals surface area (Å²) in [5.74, 6) is 3.82. The third-order valence-corrected chi connectivity index (χ3v) is 8.41. The van der Waals surface area contributed by atoms with Gasteiger partial charge in [-0.25, -0.2) is 0 Å². The Morgan fingerprint density at radius 1 is 1.20 bits per heavy atom. The van der Waals surface area contributed by atoms with E-state index in [-0.39, 0.29) is 9.99 Å². The first kappa shape index (κ1) is 19.1. The smallest absolute Gasteiger partial charge is 0.290 e. The highest BCUT2D eigenvalue weighted by atomic mass is 32.2. The van der Waals surface area contributed by atoms with E-state index in [2.05, 4.69) is 0 Å². The van der Waals surface area contributed by atoms with Crippen LogP contribution in [-0.4, -0.2) is 62.8 Å². The second kappa shape index (κ2) is 8.37. The Bertz CT molecular complexity index is 602. The summed E-state index contributed by atoms with van der Waals surface area (Å²) in [7, 11) is 3.29. The zero-order valence-corrected chi connectivity index (χ0v) is 16.9. The summed E-state index contributed by atoms with van der Waals surface area (Å²) < 4.78 is 16.5. The molecule has 7 heteroatoms. The van der Waals surface area contributed by atoms with Crippen LogP contribution in [0.2, 0.25) is 0 Å². The highest BCUT2D eigenvalue weighted by molar-refractivity contribution is 8.20. The Hall–Kier alpha value is -0.630. The molecule has 0 radical (unpaired) electrons. The van der Waals surface area contributed by atoms with E-state index in [1.54, 1.807) is 19.1 Å². The van der Waals surface area contributed by atoms with E-state index < -0.39 is 0 Å². The van der Waals surface area contributed by atoms with E-state index in [0.717, 1.165) is 24.2 Å². The topological polar surface area (TPSA) is 51.9 Å². The minimum atomic E-state index is -0.0517. The van der Waals surface area contributed by atoms with Crippen molar-refractivity contribution in [3.63, 3.8) is 0 Å².